The number of aromatic nitrogens is 4. The van der Waals surface area contributed by atoms with Gasteiger partial charge in [-0.25, -0.2) is 19.9 Å². The highest BCUT2D eigenvalue weighted by Gasteiger charge is 1.96. The van der Waals surface area contributed by atoms with E-state index in [-0.39, 0.29) is 0 Å². The summed E-state index contributed by atoms with van der Waals surface area (Å²) in [5.74, 6) is 0.546. The molecule has 70 valence electrons. The molecule has 2 aromatic heterocycles. The van der Waals surface area contributed by atoms with Crippen LogP contribution in [0.3, 0.4) is 0 Å². The maximum absolute atomic E-state index is 4.03. The van der Waals surface area contributed by atoms with Crippen molar-refractivity contribution in [2.75, 3.05) is 4.72 Å². The molecule has 0 unspecified atom stereocenters. The van der Waals surface area contributed by atoms with Gasteiger partial charge < -0.3 is 0 Å². The largest absolute Gasteiger partial charge is 0.291 e. The molecule has 0 spiro atoms. The van der Waals surface area contributed by atoms with Gasteiger partial charge in [-0.15, -0.1) is 0 Å². The van der Waals surface area contributed by atoms with Crippen molar-refractivity contribution in [3.63, 3.8) is 0 Å². The van der Waals surface area contributed by atoms with E-state index >= 15 is 0 Å². The number of hydrogen-bond acceptors (Lipinski definition) is 6. The van der Waals surface area contributed by atoms with Crippen LogP contribution in [0.4, 0.5) is 5.95 Å². The van der Waals surface area contributed by atoms with Gasteiger partial charge in [0.25, 0.3) is 0 Å². The third-order valence-electron chi connectivity index (χ3n) is 1.34. The molecule has 2 aromatic rings. The molecule has 6 heteroatoms. The summed E-state index contributed by atoms with van der Waals surface area (Å²) in [5, 5.41) is 0.639. The molecule has 0 saturated carbocycles. The Morgan fingerprint density at radius 2 is 1.43 bits per heavy atom. The van der Waals surface area contributed by atoms with Gasteiger partial charge in [0.1, 0.15) is 0 Å². The first-order valence-corrected chi connectivity index (χ1v) is 4.74. The molecular formula is C8H7N5S. The molecule has 0 radical (unpaired) electrons. The Kier molecular flexibility index (Phi) is 2.87. The van der Waals surface area contributed by atoms with Crippen molar-refractivity contribution in [3.05, 3.63) is 36.9 Å². The van der Waals surface area contributed by atoms with Crippen LogP contribution >= 0.6 is 11.9 Å². The van der Waals surface area contributed by atoms with E-state index in [0.717, 1.165) is 0 Å². The predicted molar refractivity (Wildman–Crippen MR) is 53.5 cm³/mol. The van der Waals surface area contributed by atoms with Crippen LogP contribution in [0.25, 0.3) is 0 Å². The summed E-state index contributed by atoms with van der Waals surface area (Å²) in [4.78, 5) is 16.0. The van der Waals surface area contributed by atoms with Gasteiger partial charge in [0.05, 0.1) is 0 Å². The maximum atomic E-state index is 4.03. The molecule has 2 rings (SSSR count). The zero-order chi connectivity index (χ0) is 9.64. The van der Waals surface area contributed by atoms with Gasteiger partial charge in [0.2, 0.25) is 11.1 Å². The summed E-state index contributed by atoms with van der Waals surface area (Å²) in [6.45, 7) is 0. The van der Waals surface area contributed by atoms with Gasteiger partial charge in [-0.2, -0.15) is 0 Å². The number of nitrogens with zero attached hydrogens (tertiary/aromatic N) is 4. The van der Waals surface area contributed by atoms with Crippen molar-refractivity contribution in [1.82, 2.24) is 19.9 Å². The van der Waals surface area contributed by atoms with E-state index in [2.05, 4.69) is 24.7 Å². The summed E-state index contributed by atoms with van der Waals surface area (Å²) in [7, 11) is 0. The van der Waals surface area contributed by atoms with E-state index in [1.54, 1.807) is 36.9 Å². The molecule has 0 aliphatic carbocycles. The third kappa shape index (κ3) is 2.40. The van der Waals surface area contributed by atoms with E-state index in [1.807, 2.05) is 0 Å². The minimum absolute atomic E-state index is 0.546. The number of hydrogen-bond donors (Lipinski definition) is 1. The van der Waals surface area contributed by atoms with Crippen LogP contribution in [0.15, 0.2) is 42.1 Å². The number of rotatable bonds is 3. The lowest BCUT2D eigenvalue weighted by molar-refractivity contribution is 0.969. The van der Waals surface area contributed by atoms with Gasteiger partial charge in [-0.1, -0.05) is 0 Å². The van der Waals surface area contributed by atoms with Gasteiger partial charge in [0, 0.05) is 36.7 Å². The van der Waals surface area contributed by atoms with Crippen LogP contribution in [0.1, 0.15) is 0 Å². The molecular weight excluding hydrogens is 198 g/mol. The third-order valence-corrected chi connectivity index (χ3v) is 2.02. The molecule has 0 aliphatic heterocycles. The maximum Gasteiger partial charge on any atom is 0.233 e. The van der Waals surface area contributed by atoms with Crippen LogP contribution in [0, 0.1) is 0 Å². The van der Waals surface area contributed by atoms with Crippen molar-refractivity contribution in [2.45, 2.75) is 5.16 Å². The van der Waals surface area contributed by atoms with E-state index in [4.69, 9.17) is 0 Å². The molecule has 0 atom stereocenters. The predicted octanol–water partition coefficient (Wildman–Crippen LogP) is 1.39. The minimum Gasteiger partial charge on any atom is -0.291 e. The van der Waals surface area contributed by atoms with Crippen LogP contribution in [-0.4, -0.2) is 19.9 Å². The lowest BCUT2D eigenvalue weighted by atomic mass is 10.7. The van der Waals surface area contributed by atoms with E-state index in [1.165, 1.54) is 11.9 Å². The van der Waals surface area contributed by atoms with Crippen molar-refractivity contribution in [1.29, 1.82) is 0 Å². The normalized spacial score (nSPS) is 9.71. The zero-order valence-electron chi connectivity index (χ0n) is 7.16. The Labute approximate surface area is 85.2 Å². The molecule has 0 aliphatic rings. The van der Waals surface area contributed by atoms with Crippen LogP contribution in [0.2, 0.25) is 0 Å². The average molecular weight is 205 g/mol. The lowest BCUT2D eigenvalue weighted by Crippen LogP contribution is -1.94. The van der Waals surface area contributed by atoms with Crippen molar-refractivity contribution in [3.8, 4) is 0 Å². The standard InChI is InChI=1S/C8H7N5S/c1-3-9-7(10-4-1)13-14-8-11-5-2-6-12-8/h1-6H,(H,9,10,13). The molecule has 0 saturated heterocycles. The average Bonchev–Trinajstić information content (AvgIpc) is 2.29. The molecule has 1 N–H and O–H groups in total. The highest BCUT2D eigenvalue weighted by atomic mass is 32.2. The minimum atomic E-state index is 0.546. The van der Waals surface area contributed by atoms with Crippen molar-refractivity contribution in [2.24, 2.45) is 0 Å². The Morgan fingerprint density at radius 1 is 0.857 bits per heavy atom. The summed E-state index contributed by atoms with van der Waals surface area (Å²) in [6.07, 6.45) is 6.70. The highest BCUT2D eigenvalue weighted by Crippen LogP contribution is 2.11. The Morgan fingerprint density at radius 3 is 2.07 bits per heavy atom. The first kappa shape index (κ1) is 8.89. The van der Waals surface area contributed by atoms with E-state index in [0.29, 0.717) is 11.1 Å². The van der Waals surface area contributed by atoms with E-state index < -0.39 is 0 Å². The topological polar surface area (TPSA) is 63.6 Å². The fourth-order valence-electron chi connectivity index (χ4n) is 0.781. The SMILES string of the molecule is c1cnc(NSc2ncccn2)nc1. The highest BCUT2D eigenvalue weighted by molar-refractivity contribution is 8.00. The second-order valence-corrected chi connectivity index (χ2v) is 3.08. The number of nitrogens with one attached hydrogen (secondary N) is 1. The van der Waals surface area contributed by atoms with Crippen molar-refractivity contribution >= 4 is 17.9 Å². The first-order valence-electron chi connectivity index (χ1n) is 3.92. The van der Waals surface area contributed by atoms with Gasteiger partial charge in [0.15, 0.2) is 0 Å². The molecule has 0 bridgehead atoms. The molecule has 2 heterocycles. The van der Waals surface area contributed by atoms with Crippen molar-refractivity contribution < 1.29 is 0 Å². The Hall–Kier alpha value is -1.69. The zero-order valence-corrected chi connectivity index (χ0v) is 7.98. The van der Waals surface area contributed by atoms with Gasteiger partial charge in [-0.3, -0.25) is 4.72 Å². The Balaban J connectivity index is 1.96. The molecule has 0 fully saturated rings. The van der Waals surface area contributed by atoms with Crippen LogP contribution < -0.4 is 4.72 Å². The molecule has 5 nitrogen and oxygen atoms in total. The number of anilines is 1. The second kappa shape index (κ2) is 4.52. The summed E-state index contributed by atoms with van der Waals surface area (Å²) in [5.41, 5.74) is 0. The summed E-state index contributed by atoms with van der Waals surface area (Å²) < 4.78 is 2.93. The quantitative estimate of drug-likeness (QED) is 0.603. The smallest absolute Gasteiger partial charge is 0.233 e. The second-order valence-electron chi connectivity index (χ2n) is 2.31. The molecule has 0 aromatic carbocycles. The van der Waals surface area contributed by atoms with E-state index in [9.17, 15) is 0 Å². The van der Waals surface area contributed by atoms with Gasteiger partial charge >= 0.3 is 0 Å². The lowest BCUT2D eigenvalue weighted by Gasteiger charge is -1.99. The fourth-order valence-corrected chi connectivity index (χ4v) is 1.30. The first-order chi connectivity index (χ1) is 6.95. The monoisotopic (exact) mass is 205 g/mol. The van der Waals surface area contributed by atoms with Crippen LogP contribution in [0.5, 0.6) is 0 Å². The summed E-state index contributed by atoms with van der Waals surface area (Å²) in [6, 6.07) is 3.53. The van der Waals surface area contributed by atoms with Gasteiger partial charge in [-0.05, 0) is 12.1 Å². The molecule has 14 heavy (non-hydrogen) atoms. The summed E-state index contributed by atoms with van der Waals surface area (Å²) >= 11 is 1.28. The molecule has 0 amide bonds. The van der Waals surface area contributed by atoms with Crippen LogP contribution in [-0.2, 0) is 0 Å². The fraction of sp³-hybridized carbons (Fsp3) is 0. The Bertz CT molecular complexity index is 340.